The minimum atomic E-state index is -0.820. The molecule has 164 valence electrons. The molecular formula is C24H19FN6O2. The van der Waals surface area contributed by atoms with Crippen LogP contribution in [0.2, 0.25) is 0 Å². The van der Waals surface area contributed by atoms with Gasteiger partial charge >= 0.3 is 0 Å². The number of nitrogens with two attached hydrogens (primary N) is 1. The number of anilines is 1. The lowest BCUT2D eigenvalue weighted by atomic mass is 10.1. The quantitative estimate of drug-likeness (QED) is 0.473. The number of nitrogens with one attached hydrogen (secondary N) is 1. The summed E-state index contributed by atoms with van der Waals surface area (Å²) < 4.78 is 15.4. The van der Waals surface area contributed by atoms with E-state index in [0.717, 1.165) is 11.6 Å². The number of primary amides is 1. The number of benzene rings is 2. The highest BCUT2D eigenvalue weighted by molar-refractivity contribution is 6.13. The van der Waals surface area contributed by atoms with E-state index in [1.807, 2.05) is 19.1 Å². The average Bonchev–Trinajstić information content (AvgIpc) is 3.19. The van der Waals surface area contributed by atoms with E-state index < -0.39 is 17.6 Å². The molecule has 0 unspecified atom stereocenters. The molecule has 0 aliphatic heterocycles. The van der Waals surface area contributed by atoms with Gasteiger partial charge in [0.1, 0.15) is 11.5 Å². The Morgan fingerprint density at radius 1 is 1.18 bits per heavy atom. The molecule has 2 aromatic carbocycles. The van der Waals surface area contributed by atoms with Crippen molar-refractivity contribution in [3.63, 3.8) is 0 Å². The second kappa shape index (κ2) is 8.88. The van der Waals surface area contributed by atoms with Crippen LogP contribution in [0, 0.1) is 17.1 Å². The molecule has 0 radical (unpaired) electrons. The highest BCUT2D eigenvalue weighted by atomic mass is 19.1. The molecule has 0 spiro atoms. The molecule has 0 fully saturated rings. The monoisotopic (exact) mass is 442 g/mol. The van der Waals surface area contributed by atoms with Gasteiger partial charge in [-0.2, -0.15) is 10.4 Å². The first-order chi connectivity index (χ1) is 15.9. The lowest BCUT2D eigenvalue weighted by molar-refractivity contribution is 0.0996. The molecular weight excluding hydrogens is 423 g/mol. The van der Waals surface area contributed by atoms with E-state index in [2.05, 4.69) is 21.5 Å². The van der Waals surface area contributed by atoms with Crippen LogP contribution in [-0.4, -0.2) is 26.6 Å². The number of hydrogen-bond acceptors (Lipinski definition) is 5. The van der Waals surface area contributed by atoms with Crippen LogP contribution < -0.4 is 11.1 Å². The molecule has 8 nitrogen and oxygen atoms in total. The maximum atomic E-state index is 13.7. The molecule has 33 heavy (non-hydrogen) atoms. The van der Waals surface area contributed by atoms with Crippen molar-refractivity contribution in [2.24, 2.45) is 5.73 Å². The standard InChI is InChI=1S/C24H19FN6O2/c1-2-19-22(13-31(30-19)12-15-5-3-14(11-26)4-6-15)29-24(33)18-10-21(23(27)32)28-20-9-16(25)7-8-17(18)20/h3-10,13H,2,12H2,1H3,(H2,27,32)(H,29,33). The maximum absolute atomic E-state index is 13.7. The number of fused-ring (bicyclic) bond motifs is 1. The molecule has 3 N–H and O–H groups in total. The molecule has 0 saturated heterocycles. The molecule has 4 rings (SSSR count). The minimum Gasteiger partial charge on any atom is -0.364 e. The first kappa shape index (κ1) is 21.6. The van der Waals surface area contributed by atoms with Crippen LogP contribution in [0.1, 0.15) is 44.6 Å². The average molecular weight is 442 g/mol. The summed E-state index contributed by atoms with van der Waals surface area (Å²) in [6, 6.07) is 14.3. The van der Waals surface area contributed by atoms with Gasteiger partial charge in [-0.15, -0.1) is 0 Å². The van der Waals surface area contributed by atoms with Crippen LogP contribution >= 0.6 is 0 Å². The predicted molar refractivity (Wildman–Crippen MR) is 120 cm³/mol. The third-order valence-corrected chi connectivity index (χ3v) is 5.12. The van der Waals surface area contributed by atoms with Gasteiger partial charge in [0.15, 0.2) is 0 Å². The van der Waals surface area contributed by atoms with Crippen molar-refractivity contribution in [3.05, 3.63) is 88.6 Å². The number of carbonyl (C=O) groups excluding carboxylic acids is 2. The van der Waals surface area contributed by atoms with Gasteiger partial charge in [0.05, 0.1) is 40.6 Å². The fourth-order valence-electron chi connectivity index (χ4n) is 3.48. The first-order valence-electron chi connectivity index (χ1n) is 10.1. The summed E-state index contributed by atoms with van der Waals surface area (Å²) in [4.78, 5) is 28.9. The second-order valence-electron chi connectivity index (χ2n) is 7.38. The SMILES string of the molecule is CCc1nn(Cc2ccc(C#N)cc2)cc1NC(=O)c1cc(C(N)=O)nc2cc(F)ccc12. The molecule has 4 aromatic rings. The Kier molecular flexibility index (Phi) is 5.83. The molecule has 0 saturated carbocycles. The fourth-order valence-corrected chi connectivity index (χ4v) is 3.48. The van der Waals surface area contributed by atoms with Gasteiger partial charge in [-0.25, -0.2) is 9.37 Å². The number of carbonyl (C=O) groups is 2. The van der Waals surface area contributed by atoms with Crippen LogP contribution in [0.15, 0.2) is 54.7 Å². The Morgan fingerprint density at radius 3 is 2.61 bits per heavy atom. The van der Waals surface area contributed by atoms with Gasteiger partial charge < -0.3 is 11.1 Å². The van der Waals surface area contributed by atoms with Gasteiger partial charge in [0.2, 0.25) is 0 Å². The molecule has 2 aromatic heterocycles. The number of aromatic nitrogens is 3. The fraction of sp³-hybridized carbons (Fsp3) is 0.125. The summed E-state index contributed by atoms with van der Waals surface area (Å²) in [6.07, 6.45) is 2.29. The van der Waals surface area contributed by atoms with Crippen molar-refractivity contribution in [3.8, 4) is 6.07 Å². The van der Waals surface area contributed by atoms with Crippen LogP contribution in [0.4, 0.5) is 10.1 Å². The Labute approximate surface area is 188 Å². The zero-order valence-corrected chi connectivity index (χ0v) is 17.7. The van der Waals surface area contributed by atoms with E-state index in [0.29, 0.717) is 35.3 Å². The highest BCUT2D eigenvalue weighted by Gasteiger charge is 2.18. The first-order valence-corrected chi connectivity index (χ1v) is 10.1. The number of halogens is 1. The van der Waals surface area contributed by atoms with E-state index in [4.69, 9.17) is 11.0 Å². The maximum Gasteiger partial charge on any atom is 0.267 e. The van der Waals surface area contributed by atoms with Crippen LogP contribution in [0.3, 0.4) is 0 Å². The number of rotatable bonds is 6. The Bertz CT molecular complexity index is 1420. The summed E-state index contributed by atoms with van der Waals surface area (Å²) in [5.74, 6) is -1.86. The summed E-state index contributed by atoms with van der Waals surface area (Å²) in [5.41, 5.74) is 8.23. The number of pyridine rings is 1. The highest BCUT2D eigenvalue weighted by Crippen LogP contribution is 2.23. The van der Waals surface area contributed by atoms with Crippen molar-refractivity contribution in [2.45, 2.75) is 19.9 Å². The Balaban J connectivity index is 1.65. The van der Waals surface area contributed by atoms with Crippen molar-refractivity contribution in [1.82, 2.24) is 14.8 Å². The number of nitrogens with zero attached hydrogens (tertiary/aromatic N) is 4. The molecule has 0 aliphatic carbocycles. The van der Waals surface area contributed by atoms with Gasteiger partial charge in [-0.3, -0.25) is 14.3 Å². The normalized spacial score (nSPS) is 10.7. The Hall–Kier alpha value is -4.58. The smallest absolute Gasteiger partial charge is 0.267 e. The van der Waals surface area contributed by atoms with Gasteiger partial charge in [0, 0.05) is 17.6 Å². The van der Waals surface area contributed by atoms with Crippen molar-refractivity contribution >= 4 is 28.4 Å². The third-order valence-electron chi connectivity index (χ3n) is 5.12. The number of amides is 2. The molecule has 2 amide bonds. The van der Waals surface area contributed by atoms with Crippen LogP contribution in [0.5, 0.6) is 0 Å². The lowest BCUT2D eigenvalue weighted by Crippen LogP contribution is -2.18. The van der Waals surface area contributed by atoms with Crippen LogP contribution in [0.25, 0.3) is 10.9 Å². The molecule has 0 bridgehead atoms. The van der Waals surface area contributed by atoms with E-state index in [9.17, 15) is 14.0 Å². The van der Waals surface area contributed by atoms with E-state index in [-0.39, 0.29) is 16.8 Å². The topological polar surface area (TPSA) is 127 Å². The van der Waals surface area contributed by atoms with Gasteiger partial charge in [-0.05, 0) is 42.3 Å². The lowest BCUT2D eigenvalue weighted by Gasteiger charge is -2.09. The van der Waals surface area contributed by atoms with E-state index in [1.54, 1.807) is 23.0 Å². The summed E-state index contributed by atoms with van der Waals surface area (Å²) in [7, 11) is 0. The number of nitriles is 1. The molecule has 0 aliphatic rings. The molecule has 0 atom stereocenters. The van der Waals surface area contributed by atoms with Crippen molar-refractivity contribution in [2.75, 3.05) is 5.32 Å². The number of hydrogen-bond donors (Lipinski definition) is 2. The van der Waals surface area contributed by atoms with Gasteiger partial charge in [0.25, 0.3) is 11.8 Å². The molecule has 9 heteroatoms. The minimum absolute atomic E-state index is 0.134. The number of aryl methyl sites for hydroxylation is 1. The zero-order valence-electron chi connectivity index (χ0n) is 17.7. The molecule has 2 heterocycles. The third kappa shape index (κ3) is 4.55. The predicted octanol–water partition coefficient (Wildman–Crippen LogP) is 3.40. The zero-order chi connectivity index (χ0) is 23.5. The van der Waals surface area contributed by atoms with E-state index in [1.165, 1.54) is 18.2 Å². The summed E-state index contributed by atoms with van der Waals surface area (Å²) in [6.45, 7) is 2.37. The second-order valence-corrected chi connectivity index (χ2v) is 7.38. The summed E-state index contributed by atoms with van der Waals surface area (Å²) >= 11 is 0. The Morgan fingerprint density at radius 2 is 1.94 bits per heavy atom. The van der Waals surface area contributed by atoms with Gasteiger partial charge in [-0.1, -0.05) is 19.1 Å². The largest absolute Gasteiger partial charge is 0.364 e. The van der Waals surface area contributed by atoms with Crippen molar-refractivity contribution in [1.29, 1.82) is 5.26 Å². The van der Waals surface area contributed by atoms with Crippen molar-refractivity contribution < 1.29 is 14.0 Å². The van der Waals surface area contributed by atoms with Crippen LogP contribution in [-0.2, 0) is 13.0 Å². The van der Waals surface area contributed by atoms with E-state index >= 15 is 0 Å². The summed E-state index contributed by atoms with van der Waals surface area (Å²) in [5, 5.41) is 16.7.